The molecule has 4 nitrogen and oxygen atoms in total. The summed E-state index contributed by atoms with van der Waals surface area (Å²) in [7, 11) is 2.16. The van der Waals surface area contributed by atoms with E-state index in [1.54, 1.807) is 0 Å². The molecule has 108 valence electrons. The highest BCUT2D eigenvalue weighted by Gasteiger charge is 2.40. The summed E-state index contributed by atoms with van der Waals surface area (Å²) >= 11 is 0. The Labute approximate surface area is 120 Å². The number of aliphatic carboxylic acids is 1. The zero-order chi connectivity index (χ0) is 14.3. The van der Waals surface area contributed by atoms with Crippen molar-refractivity contribution in [1.82, 2.24) is 4.90 Å². The Morgan fingerprint density at radius 1 is 1.45 bits per heavy atom. The first kappa shape index (κ1) is 13.4. The predicted molar refractivity (Wildman–Crippen MR) is 79.4 cm³/mol. The number of anilines is 1. The minimum absolute atomic E-state index is 0.112. The molecular weight excluding hydrogens is 252 g/mol. The molecule has 1 fully saturated rings. The van der Waals surface area contributed by atoms with Gasteiger partial charge in [-0.2, -0.15) is 0 Å². The van der Waals surface area contributed by atoms with Gasteiger partial charge in [0, 0.05) is 24.2 Å². The van der Waals surface area contributed by atoms with E-state index in [4.69, 9.17) is 0 Å². The minimum atomic E-state index is -0.741. The number of carboxylic acids is 1. The van der Waals surface area contributed by atoms with Crippen LogP contribution in [0.5, 0.6) is 0 Å². The third kappa shape index (κ3) is 2.29. The molecule has 2 aliphatic rings. The molecule has 4 heteroatoms. The van der Waals surface area contributed by atoms with Gasteiger partial charge in [0.25, 0.3) is 0 Å². The van der Waals surface area contributed by atoms with E-state index in [0.717, 1.165) is 31.6 Å². The van der Waals surface area contributed by atoms with Gasteiger partial charge < -0.3 is 14.9 Å². The molecule has 1 N–H and O–H groups in total. The predicted octanol–water partition coefficient (Wildman–Crippen LogP) is 2.08. The van der Waals surface area contributed by atoms with Gasteiger partial charge in [0.15, 0.2) is 0 Å². The Morgan fingerprint density at radius 2 is 2.25 bits per heavy atom. The molecule has 0 spiro atoms. The zero-order valence-corrected chi connectivity index (χ0v) is 12.2. The average Bonchev–Trinajstić information content (AvgIpc) is 2.55. The third-order valence-corrected chi connectivity index (χ3v) is 4.61. The van der Waals surface area contributed by atoms with Gasteiger partial charge in [-0.05, 0) is 45.0 Å². The molecule has 1 aromatic carbocycles. The lowest BCUT2D eigenvalue weighted by Gasteiger charge is -2.28. The van der Waals surface area contributed by atoms with Crippen LogP contribution in [0.2, 0.25) is 0 Å². The fourth-order valence-electron chi connectivity index (χ4n) is 3.76. The number of rotatable bonds is 2. The van der Waals surface area contributed by atoms with Gasteiger partial charge in [0.05, 0.1) is 0 Å². The molecule has 0 unspecified atom stereocenters. The standard InChI is InChI=1S/C16H22N2O2/c1-11-5-6-15-12(8-11)13-9-17(2)7-3-4-14(13)18(15)10-16(19)20/h5-6,8,13-14H,3-4,7,9-10H2,1-2H3,(H,19,20)/t13-,14-/m0/s1. The quantitative estimate of drug-likeness (QED) is 0.896. The first-order valence-electron chi connectivity index (χ1n) is 7.34. The first-order chi connectivity index (χ1) is 9.56. The van der Waals surface area contributed by atoms with Crippen molar-refractivity contribution in [2.45, 2.75) is 31.7 Å². The Kier molecular flexibility index (Phi) is 3.42. The molecule has 1 aromatic rings. The second kappa shape index (κ2) is 5.09. The summed E-state index contributed by atoms with van der Waals surface area (Å²) in [5.74, 6) is -0.300. The summed E-state index contributed by atoms with van der Waals surface area (Å²) in [6.07, 6.45) is 2.22. The summed E-state index contributed by atoms with van der Waals surface area (Å²) in [6, 6.07) is 6.77. The molecule has 20 heavy (non-hydrogen) atoms. The van der Waals surface area contributed by atoms with E-state index in [9.17, 15) is 9.90 Å². The van der Waals surface area contributed by atoms with E-state index in [0.29, 0.717) is 12.0 Å². The highest BCUT2D eigenvalue weighted by Crippen LogP contribution is 2.44. The summed E-state index contributed by atoms with van der Waals surface area (Å²) in [4.78, 5) is 15.7. The maximum atomic E-state index is 11.2. The first-order valence-corrected chi connectivity index (χ1v) is 7.34. The van der Waals surface area contributed by atoms with Crippen LogP contribution in [0.15, 0.2) is 18.2 Å². The Balaban J connectivity index is 2.02. The van der Waals surface area contributed by atoms with Crippen LogP contribution in [0.4, 0.5) is 5.69 Å². The number of aryl methyl sites for hydroxylation is 1. The molecule has 0 aliphatic carbocycles. The van der Waals surface area contributed by atoms with Crippen LogP contribution in [-0.2, 0) is 4.79 Å². The number of likely N-dealkylation sites (N-methyl/N-ethyl adjacent to an activating group) is 1. The number of carbonyl (C=O) groups is 1. The maximum Gasteiger partial charge on any atom is 0.323 e. The van der Waals surface area contributed by atoms with Gasteiger partial charge >= 0.3 is 5.97 Å². The van der Waals surface area contributed by atoms with Crippen molar-refractivity contribution in [3.8, 4) is 0 Å². The van der Waals surface area contributed by atoms with Gasteiger partial charge in [-0.3, -0.25) is 4.79 Å². The SMILES string of the molecule is Cc1ccc2c(c1)[C@@H]1CN(C)CCC[C@@H]1N2CC(=O)O. The number of carboxylic acid groups (broad SMARTS) is 1. The molecule has 2 aliphatic heterocycles. The number of likely N-dealkylation sites (tertiary alicyclic amines) is 1. The fourth-order valence-corrected chi connectivity index (χ4v) is 3.76. The van der Waals surface area contributed by atoms with Crippen LogP contribution in [0.1, 0.15) is 29.9 Å². The highest BCUT2D eigenvalue weighted by atomic mass is 16.4. The maximum absolute atomic E-state index is 11.2. The summed E-state index contributed by atoms with van der Waals surface area (Å²) in [6.45, 7) is 4.35. The van der Waals surface area contributed by atoms with Gasteiger partial charge in [0.1, 0.15) is 6.54 Å². The molecule has 3 rings (SSSR count). The van der Waals surface area contributed by atoms with Crippen molar-refractivity contribution in [3.63, 3.8) is 0 Å². The third-order valence-electron chi connectivity index (χ3n) is 4.61. The van der Waals surface area contributed by atoms with E-state index in [1.165, 1.54) is 11.1 Å². The average molecular weight is 274 g/mol. The lowest BCUT2D eigenvalue weighted by molar-refractivity contribution is -0.135. The second-order valence-electron chi connectivity index (χ2n) is 6.16. The van der Waals surface area contributed by atoms with Crippen molar-refractivity contribution in [2.24, 2.45) is 0 Å². The number of nitrogens with zero attached hydrogens (tertiary/aromatic N) is 2. The molecule has 0 bridgehead atoms. The molecular formula is C16H22N2O2. The topological polar surface area (TPSA) is 43.8 Å². The lowest BCUT2D eigenvalue weighted by Crippen LogP contribution is -2.38. The van der Waals surface area contributed by atoms with Crippen LogP contribution in [0.3, 0.4) is 0 Å². The molecule has 0 radical (unpaired) electrons. The smallest absolute Gasteiger partial charge is 0.323 e. The van der Waals surface area contributed by atoms with Crippen LogP contribution >= 0.6 is 0 Å². The van der Waals surface area contributed by atoms with E-state index < -0.39 is 5.97 Å². The monoisotopic (exact) mass is 274 g/mol. The van der Waals surface area contributed by atoms with Gasteiger partial charge in [-0.1, -0.05) is 17.7 Å². The normalized spacial score (nSPS) is 26.0. The Morgan fingerprint density at radius 3 is 3.00 bits per heavy atom. The summed E-state index contributed by atoms with van der Waals surface area (Å²) in [5, 5.41) is 9.21. The molecule has 0 saturated carbocycles. The van der Waals surface area contributed by atoms with Crippen LogP contribution < -0.4 is 4.90 Å². The number of fused-ring (bicyclic) bond motifs is 3. The molecule has 0 amide bonds. The molecule has 1 saturated heterocycles. The highest BCUT2D eigenvalue weighted by molar-refractivity contribution is 5.76. The van der Waals surface area contributed by atoms with Crippen molar-refractivity contribution >= 4 is 11.7 Å². The summed E-state index contributed by atoms with van der Waals surface area (Å²) < 4.78 is 0. The van der Waals surface area contributed by atoms with E-state index in [-0.39, 0.29) is 6.54 Å². The van der Waals surface area contributed by atoms with Crippen molar-refractivity contribution < 1.29 is 9.90 Å². The number of hydrogen-bond acceptors (Lipinski definition) is 3. The minimum Gasteiger partial charge on any atom is -0.480 e. The van der Waals surface area contributed by atoms with E-state index >= 15 is 0 Å². The Bertz CT molecular complexity index is 529. The number of hydrogen-bond donors (Lipinski definition) is 1. The van der Waals surface area contributed by atoms with Crippen molar-refractivity contribution in [1.29, 1.82) is 0 Å². The summed E-state index contributed by atoms with van der Waals surface area (Å²) in [5.41, 5.74) is 3.72. The largest absolute Gasteiger partial charge is 0.480 e. The zero-order valence-electron chi connectivity index (χ0n) is 12.2. The van der Waals surface area contributed by atoms with Crippen molar-refractivity contribution in [2.75, 3.05) is 31.6 Å². The second-order valence-corrected chi connectivity index (χ2v) is 6.16. The van der Waals surface area contributed by atoms with E-state index in [2.05, 4.69) is 42.0 Å². The van der Waals surface area contributed by atoms with Gasteiger partial charge in [-0.15, -0.1) is 0 Å². The number of benzene rings is 1. The molecule has 0 aromatic heterocycles. The molecule has 2 atom stereocenters. The van der Waals surface area contributed by atoms with Crippen LogP contribution in [-0.4, -0.2) is 48.7 Å². The lowest BCUT2D eigenvalue weighted by atomic mass is 9.92. The molecule has 2 heterocycles. The van der Waals surface area contributed by atoms with Gasteiger partial charge in [0.2, 0.25) is 0 Å². The van der Waals surface area contributed by atoms with Crippen molar-refractivity contribution in [3.05, 3.63) is 29.3 Å². The Hall–Kier alpha value is -1.55. The fraction of sp³-hybridized carbons (Fsp3) is 0.562. The van der Waals surface area contributed by atoms with Crippen LogP contribution in [0.25, 0.3) is 0 Å². The van der Waals surface area contributed by atoms with E-state index in [1.807, 2.05) is 0 Å². The van der Waals surface area contributed by atoms with Crippen LogP contribution in [0, 0.1) is 6.92 Å². The van der Waals surface area contributed by atoms with Gasteiger partial charge in [-0.25, -0.2) is 0 Å².